The third-order valence-corrected chi connectivity index (χ3v) is 3.01. The molecule has 0 radical (unpaired) electrons. The first-order valence-electron chi connectivity index (χ1n) is 5.83. The number of allylic oxidation sites excluding steroid dienone is 1. The van der Waals surface area contributed by atoms with Crippen molar-refractivity contribution < 1.29 is 0 Å². The minimum atomic E-state index is 0.284. The van der Waals surface area contributed by atoms with Crippen molar-refractivity contribution >= 4 is 0 Å². The number of nitrogens with two attached hydrogens (primary N) is 1. The molecule has 2 N–H and O–H groups in total. The van der Waals surface area contributed by atoms with E-state index in [0.717, 1.165) is 12.8 Å². The van der Waals surface area contributed by atoms with Crippen LogP contribution in [0.3, 0.4) is 0 Å². The van der Waals surface area contributed by atoms with Gasteiger partial charge in [0.05, 0.1) is 0 Å². The van der Waals surface area contributed by atoms with E-state index in [1.54, 1.807) is 0 Å². The molecule has 2 rings (SSSR count). The van der Waals surface area contributed by atoms with Gasteiger partial charge in [0.25, 0.3) is 0 Å². The summed E-state index contributed by atoms with van der Waals surface area (Å²) < 4.78 is 0. The van der Waals surface area contributed by atoms with Crippen LogP contribution in [0.25, 0.3) is 0 Å². The highest BCUT2D eigenvalue weighted by molar-refractivity contribution is 5.23. The maximum atomic E-state index is 6.00. The van der Waals surface area contributed by atoms with Crippen molar-refractivity contribution in [2.24, 2.45) is 5.73 Å². The zero-order valence-corrected chi connectivity index (χ0v) is 9.15. The predicted octanol–water partition coefficient (Wildman–Crippen LogP) is 3.06. The Morgan fingerprint density at radius 1 is 1.13 bits per heavy atom. The molecule has 0 bridgehead atoms. The van der Waals surface area contributed by atoms with Crippen LogP contribution in [0.5, 0.6) is 0 Å². The number of rotatable bonds is 2. The Labute approximate surface area is 92.0 Å². The van der Waals surface area contributed by atoms with Crippen LogP contribution in [0.2, 0.25) is 0 Å². The van der Waals surface area contributed by atoms with E-state index in [1.165, 1.54) is 30.4 Å². The Bertz CT molecular complexity index is 326. The molecule has 1 aromatic rings. The van der Waals surface area contributed by atoms with Crippen LogP contribution in [0, 0.1) is 0 Å². The molecule has 0 amide bonds. The molecule has 1 aromatic carbocycles. The van der Waals surface area contributed by atoms with Crippen LogP contribution in [-0.4, -0.2) is 6.04 Å². The molecule has 1 aliphatic carbocycles. The van der Waals surface area contributed by atoms with Gasteiger partial charge in [-0.1, -0.05) is 48.4 Å². The van der Waals surface area contributed by atoms with Crippen molar-refractivity contribution in [3.05, 3.63) is 47.5 Å². The number of hydrogen-bond donors (Lipinski definition) is 1. The lowest BCUT2D eigenvalue weighted by molar-refractivity contribution is 0.654. The zero-order valence-electron chi connectivity index (χ0n) is 9.15. The van der Waals surface area contributed by atoms with Crippen molar-refractivity contribution in [2.45, 2.75) is 38.1 Å². The van der Waals surface area contributed by atoms with Gasteiger partial charge in [-0.3, -0.25) is 0 Å². The molecule has 0 fully saturated rings. The van der Waals surface area contributed by atoms with E-state index in [2.05, 4.69) is 36.4 Å². The summed E-state index contributed by atoms with van der Waals surface area (Å²) in [5.41, 5.74) is 8.92. The fourth-order valence-electron chi connectivity index (χ4n) is 2.21. The number of benzene rings is 1. The maximum Gasteiger partial charge on any atom is 0.0226 e. The summed E-state index contributed by atoms with van der Waals surface area (Å²) in [7, 11) is 0. The summed E-state index contributed by atoms with van der Waals surface area (Å²) in [6.07, 6.45) is 8.30. The van der Waals surface area contributed by atoms with Crippen LogP contribution in [-0.2, 0) is 6.42 Å². The summed E-state index contributed by atoms with van der Waals surface area (Å²) in [4.78, 5) is 0. The monoisotopic (exact) mass is 201 g/mol. The van der Waals surface area contributed by atoms with Gasteiger partial charge in [0.15, 0.2) is 0 Å². The maximum absolute atomic E-state index is 6.00. The van der Waals surface area contributed by atoms with Gasteiger partial charge in [-0.2, -0.15) is 0 Å². The molecule has 0 saturated carbocycles. The van der Waals surface area contributed by atoms with Crippen LogP contribution in [0.4, 0.5) is 0 Å². The second kappa shape index (κ2) is 5.13. The molecule has 1 unspecified atom stereocenters. The standard InChI is InChI=1S/C14H19N/c15-14-9-5-4-8-13(11-14)10-12-6-2-1-3-7-12/h1-3,6-7,11,14H,4-5,8-10,15H2. The molecule has 0 aliphatic heterocycles. The van der Waals surface area contributed by atoms with E-state index in [-0.39, 0.29) is 6.04 Å². The van der Waals surface area contributed by atoms with E-state index in [9.17, 15) is 0 Å². The molecule has 80 valence electrons. The Hall–Kier alpha value is -1.08. The molecule has 15 heavy (non-hydrogen) atoms. The fraction of sp³-hybridized carbons (Fsp3) is 0.429. The normalized spacial score (nSPS) is 21.9. The van der Waals surface area contributed by atoms with Crippen molar-refractivity contribution in [3.63, 3.8) is 0 Å². The van der Waals surface area contributed by atoms with Gasteiger partial charge in [0, 0.05) is 6.04 Å². The molecule has 0 heterocycles. The molecule has 0 saturated heterocycles. The first-order valence-corrected chi connectivity index (χ1v) is 5.83. The van der Waals surface area contributed by atoms with E-state index < -0.39 is 0 Å². The SMILES string of the molecule is NC1C=C(Cc2ccccc2)CCCC1. The first-order chi connectivity index (χ1) is 7.34. The molecule has 1 aliphatic rings. The van der Waals surface area contributed by atoms with E-state index in [0.29, 0.717) is 0 Å². The van der Waals surface area contributed by atoms with E-state index >= 15 is 0 Å². The molecular weight excluding hydrogens is 182 g/mol. The summed E-state index contributed by atoms with van der Waals surface area (Å²) in [5.74, 6) is 0. The van der Waals surface area contributed by atoms with E-state index in [1.807, 2.05) is 0 Å². The molecule has 0 aromatic heterocycles. The van der Waals surface area contributed by atoms with Gasteiger partial charge in [0.1, 0.15) is 0 Å². The van der Waals surface area contributed by atoms with Crippen LogP contribution < -0.4 is 5.73 Å². The van der Waals surface area contributed by atoms with Crippen LogP contribution in [0.15, 0.2) is 42.0 Å². The largest absolute Gasteiger partial charge is 0.324 e. The van der Waals surface area contributed by atoms with Crippen molar-refractivity contribution in [3.8, 4) is 0 Å². The highest BCUT2D eigenvalue weighted by Gasteiger charge is 2.08. The lowest BCUT2D eigenvalue weighted by atomic mass is 10.0. The zero-order chi connectivity index (χ0) is 10.5. The average molecular weight is 201 g/mol. The minimum absolute atomic E-state index is 0.284. The Kier molecular flexibility index (Phi) is 3.57. The summed E-state index contributed by atoms with van der Waals surface area (Å²) in [6.45, 7) is 0. The first kappa shape index (κ1) is 10.4. The van der Waals surface area contributed by atoms with Gasteiger partial charge in [-0.25, -0.2) is 0 Å². The highest BCUT2D eigenvalue weighted by atomic mass is 14.6. The molecule has 0 spiro atoms. The smallest absolute Gasteiger partial charge is 0.0226 e. The third kappa shape index (κ3) is 3.21. The summed E-state index contributed by atoms with van der Waals surface area (Å²) in [5, 5.41) is 0. The van der Waals surface area contributed by atoms with Crippen LogP contribution in [0.1, 0.15) is 31.2 Å². The van der Waals surface area contributed by atoms with Gasteiger partial charge in [0.2, 0.25) is 0 Å². The molecule has 1 atom stereocenters. The Balaban J connectivity index is 2.04. The fourth-order valence-corrected chi connectivity index (χ4v) is 2.21. The predicted molar refractivity (Wildman–Crippen MR) is 64.7 cm³/mol. The second-order valence-electron chi connectivity index (χ2n) is 4.40. The third-order valence-electron chi connectivity index (χ3n) is 3.01. The van der Waals surface area contributed by atoms with Gasteiger partial charge < -0.3 is 5.73 Å². The van der Waals surface area contributed by atoms with Gasteiger partial charge >= 0.3 is 0 Å². The number of hydrogen-bond acceptors (Lipinski definition) is 1. The topological polar surface area (TPSA) is 26.0 Å². The molecule has 1 heteroatoms. The summed E-state index contributed by atoms with van der Waals surface area (Å²) in [6, 6.07) is 10.9. The van der Waals surface area contributed by atoms with Gasteiger partial charge in [-0.15, -0.1) is 0 Å². The summed E-state index contributed by atoms with van der Waals surface area (Å²) >= 11 is 0. The average Bonchev–Trinajstić information content (AvgIpc) is 2.44. The molecular formula is C14H19N. The Morgan fingerprint density at radius 2 is 1.93 bits per heavy atom. The van der Waals surface area contributed by atoms with E-state index in [4.69, 9.17) is 5.73 Å². The van der Waals surface area contributed by atoms with Crippen LogP contribution >= 0.6 is 0 Å². The minimum Gasteiger partial charge on any atom is -0.324 e. The lowest BCUT2D eigenvalue weighted by Crippen LogP contribution is -2.16. The Morgan fingerprint density at radius 3 is 2.73 bits per heavy atom. The highest BCUT2D eigenvalue weighted by Crippen LogP contribution is 2.20. The quantitative estimate of drug-likeness (QED) is 0.731. The van der Waals surface area contributed by atoms with Crippen molar-refractivity contribution in [1.82, 2.24) is 0 Å². The second-order valence-corrected chi connectivity index (χ2v) is 4.40. The molecule has 1 nitrogen and oxygen atoms in total. The lowest BCUT2D eigenvalue weighted by Gasteiger charge is -2.06. The van der Waals surface area contributed by atoms with Crippen molar-refractivity contribution in [1.29, 1.82) is 0 Å². The van der Waals surface area contributed by atoms with Gasteiger partial charge in [-0.05, 0) is 31.2 Å². The van der Waals surface area contributed by atoms with Crippen molar-refractivity contribution in [2.75, 3.05) is 0 Å².